The van der Waals surface area contributed by atoms with E-state index in [0.717, 1.165) is 32.0 Å². The molecule has 1 atom stereocenters. The normalized spacial score (nSPS) is 30.3. The summed E-state index contributed by atoms with van der Waals surface area (Å²) in [5.74, 6) is 0. The van der Waals surface area contributed by atoms with E-state index < -0.39 is 0 Å². The molecule has 3 rings (SSSR count). The summed E-state index contributed by atoms with van der Waals surface area (Å²) in [5.41, 5.74) is 0.631. The number of hydrogen-bond acceptors (Lipinski definition) is 6. The standard InChI is InChI=1S/C22H43N3O2S/c1-18(28-5)27-21-16-20(17-21)26-15-14-23-10-12-24(13-11-23)19-6-8-25(9-7-19)22(2,3)4/h18-21H,6-17H2,1-5H3. The number of thioether (sulfide) groups is 1. The molecule has 164 valence electrons. The highest BCUT2D eigenvalue weighted by molar-refractivity contribution is 7.99. The maximum Gasteiger partial charge on any atom is 0.100 e. The Balaban J connectivity index is 1.24. The van der Waals surface area contributed by atoms with Gasteiger partial charge in [-0.2, -0.15) is 0 Å². The predicted octanol–water partition coefficient (Wildman–Crippen LogP) is 3.14. The van der Waals surface area contributed by atoms with Gasteiger partial charge in [0.2, 0.25) is 0 Å². The molecule has 28 heavy (non-hydrogen) atoms. The van der Waals surface area contributed by atoms with Crippen LogP contribution < -0.4 is 0 Å². The molecule has 1 saturated carbocycles. The van der Waals surface area contributed by atoms with Gasteiger partial charge < -0.3 is 9.47 Å². The second kappa shape index (κ2) is 10.5. The largest absolute Gasteiger partial charge is 0.377 e. The summed E-state index contributed by atoms with van der Waals surface area (Å²) in [6.07, 6.45) is 7.76. The molecule has 1 aliphatic carbocycles. The number of hydrogen-bond donors (Lipinski definition) is 0. The number of piperazine rings is 1. The smallest absolute Gasteiger partial charge is 0.100 e. The first-order valence-electron chi connectivity index (χ1n) is 11.4. The van der Waals surface area contributed by atoms with Crippen LogP contribution in [0.5, 0.6) is 0 Å². The maximum absolute atomic E-state index is 6.07. The number of ether oxygens (including phenoxy) is 2. The van der Waals surface area contributed by atoms with E-state index in [1.807, 2.05) is 0 Å². The van der Waals surface area contributed by atoms with E-state index in [1.54, 1.807) is 11.8 Å². The van der Waals surface area contributed by atoms with Gasteiger partial charge in [0.05, 0.1) is 18.8 Å². The third kappa shape index (κ3) is 6.58. The Hall–Kier alpha value is 0.150. The van der Waals surface area contributed by atoms with Gasteiger partial charge in [0.1, 0.15) is 5.44 Å². The molecule has 2 heterocycles. The number of likely N-dealkylation sites (tertiary alicyclic amines) is 1. The van der Waals surface area contributed by atoms with Crippen LogP contribution in [0.25, 0.3) is 0 Å². The molecule has 0 radical (unpaired) electrons. The van der Waals surface area contributed by atoms with E-state index >= 15 is 0 Å². The van der Waals surface area contributed by atoms with Crippen LogP contribution in [-0.4, -0.2) is 103 Å². The Morgan fingerprint density at radius 3 is 2.18 bits per heavy atom. The lowest BCUT2D eigenvalue weighted by molar-refractivity contribution is -0.108. The number of piperidine rings is 1. The lowest BCUT2D eigenvalue weighted by Gasteiger charge is -2.46. The fourth-order valence-electron chi connectivity index (χ4n) is 4.69. The summed E-state index contributed by atoms with van der Waals surface area (Å²) in [6.45, 7) is 18.5. The summed E-state index contributed by atoms with van der Waals surface area (Å²) in [4.78, 5) is 7.98. The lowest BCUT2D eigenvalue weighted by atomic mass is 9.92. The van der Waals surface area contributed by atoms with Gasteiger partial charge in [-0.3, -0.25) is 14.7 Å². The third-order valence-corrected chi connectivity index (χ3v) is 7.64. The molecule has 0 bridgehead atoms. The van der Waals surface area contributed by atoms with E-state index in [-0.39, 0.29) is 0 Å². The van der Waals surface area contributed by atoms with Crippen molar-refractivity contribution in [3.63, 3.8) is 0 Å². The van der Waals surface area contributed by atoms with Crippen molar-refractivity contribution < 1.29 is 9.47 Å². The molecule has 0 aromatic carbocycles. The van der Waals surface area contributed by atoms with Gasteiger partial charge in [-0.15, -0.1) is 11.8 Å². The average molecular weight is 414 g/mol. The molecule has 0 spiro atoms. The molecule has 2 aliphatic heterocycles. The molecule has 5 nitrogen and oxygen atoms in total. The van der Waals surface area contributed by atoms with Crippen LogP contribution >= 0.6 is 11.8 Å². The van der Waals surface area contributed by atoms with Crippen LogP contribution in [0.4, 0.5) is 0 Å². The molecular formula is C22H43N3O2S. The van der Waals surface area contributed by atoms with Crippen molar-refractivity contribution >= 4 is 11.8 Å². The Bertz CT molecular complexity index is 451. The van der Waals surface area contributed by atoms with Gasteiger partial charge >= 0.3 is 0 Å². The van der Waals surface area contributed by atoms with E-state index in [1.165, 1.54) is 52.1 Å². The van der Waals surface area contributed by atoms with Gasteiger partial charge in [0, 0.05) is 70.2 Å². The monoisotopic (exact) mass is 413 g/mol. The summed E-state index contributed by atoms with van der Waals surface area (Å²) in [6, 6.07) is 0.799. The van der Waals surface area contributed by atoms with Crippen molar-refractivity contribution in [3.05, 3.63) is 0 Å². The van der Waals surface area contributed by atoms with E-state index in [4.69, 9.17) is 9.47 Å². The first-order valence-corrected chi connectivity index (χ1v) is 12.6. The highest BCUT2D eigenvalue weighted by atomic mass is 32.2. The zero-order chi connectivity index (χ0) is 20.1. The van der Waals surface area contributed by atoms with Crippen molar-refractivity contribution in [1.82, 2.24) is 14.7 Å². The highest BCUT2D eigenvalue weighted by Gasteiger charge is 2.33. The highest BCUT2D eigenvalue weighted by Crippen LogP contribution is 2.29. The third-order valence-electron chi connectivity index (χ3n) is 6.87. The minimum absolute atomic E-state index is 0.308. The van der Waals surface area contributed by atoms with Crippen LogP contribution in [0, 0.1) is 0 Å². The summed E-state index contributed by atoms with van der Waals surface area (Å²) < 4.78 is 12.0. The van der Waals surface area contributed by atoms with Crippen molar-refractivity contribution in [1.29, 1.82) is 0 Å². The van der Waals surface area contributed by atoms with Crippen molar-refractivity contribution in [2.45, 2.75) is 82.6 Å². The minimum Gasteiger partial charge on any atom is -0.377 e. The van der Waals surface area contributed by atoms with E-state index in [0.29, 0.717) is 23.2 Å². The predicted molar refractivity (Wildman–Crippen MR) is 119 cm³/mol. The average Bonchev–Trinajstić information content (AvgIpc) is 2.65. The van der Waals surface area contributed by atoms with Crippen molar-refractivity contribution in [3.8, 4) is 0 Å². The summed E-state index contributed by atoms with van der Waals surface area (Å²) in [5, 5.41) is 0. The van der Waals surface area contributed by atoms with Crippen LogP contribution in [0.1, 0.15) is 53.4 Å². The van der Waals surface area contributed by atoms with E-state index in [2.05, 4.69) is 48.7 Å². The molecule has 0 N–H and O–H groups in total. The summed E-state index contributed by atoms with van der Waals surface area (Å²) in [7, 11) is 0. The molecule has 3 fully saturated rings. The van der Waals surface area contributed by atoms with Gasteiger partial charge in [0.25, 0.3) is 0 Å². The molecule has 0 amide bonds. The first kappa shape index (κ1) is 22.8. The van der Waals surface area contributed by atoms with Crippen LogP contribution in [0.2, 0.25) is 0 Å². The van der Waals surface area contributed by atoms with Crippen LogP contribution in [0.15, 0.2) is 0 Å². The molecule has 2 saturated heterocycles. The van der Waals surface area contributed by atoms with Gasteiger partial charge in [-0.25, -0.2) is 0 Å². The SMILES string of the molecule is CSC(C)OC1CC(OCCN2CCN(C3CCN(C(C)(C)C)CC3)CC2)C1. The maximum atomic E-state index is 6.07. The molecule has 1 unspecified atom stereocenters. The van der Waals surface area contributed by atoms with Crippen LogP contribution in [-0.2, 0) is 9.47 Å². The Morgan fingerprint density at radius 2 is 1.61 bits per heavy atom. The summed E-state index contributed by atoms with van der Waals surface area (Å²) >= 11 is 1.78. The first-order chi connectivity index (χ1) is 13.3. The van der Waals surface area contributed by atoms with Gasteiger partial charge in [-0.05, 0) is 46.8 Å². The van der Waals surface area contributed by atoms with Crippen molar-refractivity contribution in [2.24, 2.45) is 0 Å². The number of nitrogens with zero attached hydrogens (tertiary/aromatic N) is 3. The second-order valence-electron chi connectivity index (χ2n) is 9.79. The minimum atomic E-state index is 0.308. The van der Waals surface area contributed by atoms with Gasteiger partial charge in [-0.1, -0.05) is 0 Å². The Labute approximate surface area is 177 Å². The zero-order valence-corrected chi connectivity index (χ0v) is 19.7. The quantitative estimate of drug-likeness (QED) is 0.568. The lowest BCUT2D eigenvalue weighted by Crippen LogP contribution is -2.55. The van der Waals surface area contributed by atoms with Gasteiger partial charge in [0.15, 0.2) is 0 Å². The Kier molecular flexibility index (Phi) is 8.52. The van der Waals surface area contributed by atoms with Crippen LogP contribution in [0.3, 0.4) is 0 Å². The fourth-order valence-corrected chi connectivity index (χ4v) is 4.96. The second-order valence-corrected chi connectivity index (χ2v) is 10.9. The van der Waals surface area contributed by atoms with Crippen molar-refractivity contribution in [2.75, 3.05) is 58.7 Å². The van der Waals surface area contributed by atoms with E-state index in [9.17, 15) is 0 Å². The molecule has 3 aliphatic rings. The molecule has 6 heteroatoms. The molecule has 0 aromatic heterocycles. The Morgan fingerprint density at radius 1 is 0.964 bits per heavy atom. The topological polar surface area (TPSA) is 28.2 Å². The zero-order valence-electron chi connectivity index (χ0n) is 18.9. The number of rotatable bonds is 8. The molecule has 0 aromatic rings. The fraction of sp³-hybridized carbons (Fsp3) is 1.00. The molecular weight excluding hydrogens is 370 g/mol.